The highest BCUT2D eigenvalue weighted by atomic mass is 32.2. The van der Waals surface area contributed by atoms with Crippen LogP contribution < -0.4 is 30.6 Å². The summed E-state index contributed by atoms with van der Waals surface area (Å²) in [6, 6.07) is 37.6. The zero-order valence-corrected chi connectivity index (χ0v) is 22.9. The molecule has 10 rings (SSSR count). The van der Waals surface area contributed by atoms with Crippen molar-refractivity contribution in [2.75, 3.05) is 0 Å². The molecule has 5 aromatic carbocycles. The highest BCUT2D eigenvalue weighted by Crippen LogP contribution is 2.51. The molecule has 0 bridgehead atoms. The number of benzene rings is 5. The maximum atomic E-state index is 6.60. The molecule has 0 saturated carbocycles. The molecule has 196 valence electrons. The Kier molecular flexibility index (Phi) is 4.41. The summed E-state index contributed by atoms with van der Waals surface area (Å²) in [6.45, 7) is 0.0411. The molecular formula is C35H19BN2O3S. The molecule has 0 amide bonds. The van der Waals surface area contributed by atoms with Gasteiger partial charge in [-0.3, -0.25) is 0 Å². The van der Waals surface area contributed by atoms with Crippen molar-refractivity contribution in [2.24, 2.45) is 0 Å². The molecule has 2 aromatic heterocycles. The highest BCUT2D eigenvalue weighted by Gasteiger charge is 2.40. The van der Waals surface area contributed by atoms with Crippen LogP contribution >= 0.6 is 11.8 Å². The van der Waals surface area contributed by atoms with Gasteiger partial charge in [-0.15, -0.1) is 0 Å². The maximum absolute atomic E-state index is 6.60. The van der Waals surface area contributed by atoms with Crippen LogP contribution in [0, 0.1) is 0 Å². The minimum Gasteiger partial charge on any atom is -0.458 e. The molecule has 3 aliphatic heterocycles. The molecule has 0 unspecified atom stereocenters. The van der Waals surface area contributed by atoms with Crippen LogP contribution in [0.2, 0.25) is 0 Å². The molecule has 7 aromatic rings. The summed E-state index contributed by atoms with van der Waals surface area (Å²) >= 11 is 1.72. The van der Waals surface area contributed by atoms with E-state index in [0.717, 1.165) is 82.4 Å². The lowest BCUT2D eigenvalue weighted by Gasteiger charge is -2.33. The number of fused-ring (bicyclic) bond motifs is 10. The standard InChI is InChI=1S/C35H19BN2O3S/c1-3-10-24-21(8-1)32-25(19-37-35-34(32)42-31-15-6-5-12-27(31)41-35)38(24)20-16-17-23-30(18-20)40-29-14-7-13-28-33(29)36(23)22-9-2-4-11-26(22)39-28/h1-19H. The van der Waals surface area contributed by atoms with Gasteiger partial charge >= 0.3 is 0 Å². The molecule has 42 heavy (non-hydrogen) atoms. The van der Waals surface area contributed by atoms with Crippen LogP contribution in [0.3, 0.4) is 0 Å². The monoisotopic (exact) mass is 558 g/mol. The van der Waals surface area contributed by atoms with Crippen LogP contribution in [0.5, 0.6) is 34.6 Å². The van der Waals surface area contributed by atoms with Gasteiger partial charge in [0.05, 0.1) is 27.0 Å². The van der Waals surface area contributed by atoms with Crippen LogP contribution in [0.4, 0.5) is 0 Å². The van der Waals surface area contributed by atoms with Crippen molar-refractivity contribution in [1.82, 2.24) is 9.55 Å². The second-order valence-corrected chi connectivity index (χ2v) is 11.8. The molecule has 0 radical (unpaired) electrons. The van der Waals surface area contributed by atoms with E-state index in [1.54, 1.807) is 11.8 Å². The van der Waals surface area contributed by atoms with Gasteiger partial charge in [0.2, 0.25) is 5.88 Å². The first-order chi connectivity index (χ1) is 20.8. The third-order valence-corrected chi connectivity index (χ3v) is 9.60. The smallest absolute Gasteiger partial charge is 0.260 e. The van der Waals surface area contributed by atoms with Crippen molar-refractivity contribution in [3.8, 4) is 40.3 Å². The van der Waals surface area contributed by atoms with Gasteiger partial charge in [-0.2, -0.15) is 0 Å². The lowest BCUT2D eigenvalue weighted by Crippen LogP contribution is -2.57. The van der Waals surface area contributed by atoms with Crippen LogP contribution in [-0.2, 0) is 0 Å². The van der Waals surface area contributed by atoms with E-state index in [9.17, 15) is 0 Å². The number of nitrogens with zero attached hydrogens (tertiary/aromatic N) is 2. The molecule has 5 nitrogen and oxygen atoms in total. The summed E-state index contributed by atoms with van der Waals surface area (Å²) in [7, 11) is 0. The van der Waals surface area contributed by atoms with Crippen molar-refractivity contribution >= 4 is 56.7 Å². The number of para-hydroxylation sites is 3. The maximum Gasteiger partial charge on any atom is 0.260 e. The van der Waals surface area contributed by atoms with Crippen molar-refractivity contribution in [3.63, 3.8) is 0 Å². The van der Waals surface area contributed by atoms with Gasteiger partial charge in [0.15, 0.2) is 0 Å². The predicted molar refractivity (Wildman–Crippen MR) is 167 cm³/mol. The lowest BCUT2D eigenvalue weighted by molar-refractivity contribution is 0.437. The first kappa shape index (κ1) is 22.5. The van der Waals surface area contributed by atoms with E-state index in [2.05, 4.69) is 65.2 Å². The van der Waals surface area contributed by atoms with Crippen molar-refractivity contribution < 1.29 is 14.2 Å². The highest BCUT2D eigenvalue weighted by molar-refractivity contribution is 7.99. The number of hydrogen-bond donors (Lipinski definition) is 0. The summed E-state index contributed by atoms with van der Waals surface area (Å²) in [5.41, 5.74) is 6.52. The third kappa shape index (κ3) is 2.98. The fourth-order valence-corrected chi connectivity index (χ4v) is 7.76. The minimum absolute atomic E-state index is 0.0411. The minimum atomic E-state index is 0.0411. The molecule has 5 heterocycles. The van der Waals surface area contributed by atoms with Gasteiger partial charge < -0.3 is 18.8 Å². The Morgan fingerprint density at radius 2 is 1.36 bits per heavy atom. The zero-order valence-electron chi connectivity index (χ0n) is 22.1. The normalized spacial score (nSPS) is 13.7. The van der Waals surface area contributed by atoms with E-state index in [4.69, 9.17) is 19.2 Å². The molecule has 0 N–H and O–H groups in total. The van der Waals surface area contributed by atoms with Gasteiger partial charge in [0.25, 0.3) is 6.71 Å². The van der Waals surface area contributed by atoms with E-state index < -0.39 is 0 Å². The summed E-state index contributed by atoms with van der Waals surface area (Å²) in [5, 5.41) is 2.30. The molecule has 0 aliphatic carbocycles. The molecule has 0 atom stereocenters. The average molecular weight is 558 g/mol. The SMILES string of the molecule is c1ccc2c(c1)Oc1ncc3c(c1S2)c1ccccc1n3-c1ccc2c(c1)Oc1cccc3c1B2c1ccccc1O3. The second-order valence-electron chi connectivity index (χ2n) is 10.7. The largest absolute Gasteiger partial charge is 0.458 e. The number of rotatable bonds is 1. The van der Waals surface area contributed by atoms with Crippen molar-refractivity contribution in [2.45, 2.75) is 9.79 Å². The third-order valence-electron chi connectivity index (χ3n) is 8.46. The Morgan fingerprint density at radius 3 is 2.29 bits per heavy atom. The van der Waals surface area contributed by atoms with Crippen LogP contribution in [0.25, 0.3) is 27.5 Å². The summed E-state index contributed by atoms with van der Waals surface area (Å²) in [4.78, 5) is 6.93. The van der Waals surface area contributed by atoms with E-state index in [-0.39, 0.29) is 6.71 Å². The number of aromatic nitrogens is 2. The van der Waals surface area contributed by atoms with E-state index in [1.807, 2.05) is 54.7 Å². The molecule has 0 saturated heterocycles. The van der Waals surface area contributed by atoms with Gasteiger partial charge in [-0.1, -0.05) is 72.4 Å². The lowest BCUT2D eigenvalue weighted by atomic mass is 9.35. The Labute approximate surface area is 245 Å². The van der Waals surface area contributed by atoms with E-state index >= 15 is 0 Å². The summed E-state index contributed by atoms with van der Waals surface area (Å²) < 4.78 is 21.4. The number of ether oxygens (including phenoxy) is 3. The van der Waals surface area contributed by atoms with Gasteiger partial charge in [0.1, 0.15) is 28.7 Å². The first-order valence-electron chi connectivity index (χ1n) is 13.9. The van der Waals surface area contributed by atoms with Gasteiger partial charge in [-0.25, -0.2) is 4.98 Å². The first-order valence-corrected chi connectivity index (χ1v) is 14.7. The number of hydrogen-bond acceptors (Lipinski definition) is 5. The van der Waals surface area contributed by atoms with Crippen molar-refractivity contribution in [1.29, 1.82) is 0 Å². The van der Waals surface area contributed by atoms with E-state index in [1.165, 1.54) is 0 Å². The Bertz CT molecular complexity index is 2300. The Morgan fingerprint density at radius 1 is 0.619 bits per heavy atom. The summed E-state index contributed by atoms with van der Waals surface area (Å²) in [5.74, 6) is 4.92. The van der Waals surface area contributed by atoms with Crippen LogP contribution in [0.1, 0.15) is 0 Å². The van der Waals surface area contributed by atoms with Crippen LogP contribution in [-0.4, -0.2) is 16.3 Å². The second kappa shape index (κ2) is 8.21. The van der Waals surface area contributed by atoms with Crippen molar-refractivity contribution in [3.05, 3.63) is 115 Å². The molecule has 3 aliphatic rings. The van der Waals surface area contributed by atoms with Gasteiger partial charge in [0, 0.05) is 28.0 Å². The Balaban J connectivity index is 1.19. The summed E-state index contributed by atoms with van der Waals surface area (Å²) in [6.07, 6.45) is 1.93. The molecular weight excluding hydrogens is 539 g/mol. The quantitative estimate of drug-likeness (QED) is 0.200. The fourth-order valence-electron chi connectivity index (χ4n) is 6.69. The Hall–Kier alpha value is -5.14. The van der Waals surface area contributed by atoms with Crippen LogP contribution in [0.15, 0.2) is 125 Å². The number of pyridine rings is 1. The fraction of sp³-hybridized carbons (Fsp3) is 0. The zero-order chi connectivity index (χ0) is 27.4. The molecule has 0 spiro atoms. The predicted octanol–water partition coefficient (Wildman–Crippen LogP) is 7.16. The molecule has 0 fully saturated rings. The molecule has 7 heteroatoms. The van der Waals surface area contributed by atoms with Gasteiger partial charge in [-0.05, 0) is 53.4 Å². The average Bonchev–Trinajstić information content (AvgIpc) is 3.38. The van der Waals surface area contributed by atoms with E-state index in [0.29, 0.717) is 5.88 Å². The topological polar surface area (TPSA) is 45.5 Å².